The van der Waals surface area contributed by atoms with Crippen molar-refractivity contribution in [1.29, 1.82) is 0 Å². The molecule has 0 fully saturated rings. The van der Waals surface area contributed by atoms with Crippen LogP contribution in [0.5, 0.6) is 0 Å². The minimum absolute atomic E-state index is 0. The first-order valence-electron chi connectivity index (χ1n) is 0.129. The van der Waals surface area contributed by atoms with E-state index in [1.54, 1.807) is 0 Å². The molecule has 0 aromatic carbocycles. The summed E-state index contributed by atoms with van der Waals surface area (Å²) >= 11 is 2.62. The van der Waals surface area contributed by atoms with E-state index in [0.29, 0.717) is 0 Å². The second kappa shape index (κ2) is 16.4. The van der Waals surface area contributed by atoms with Crippen molar-refractivity contribution in [2.45, 2.75) is 0 Å². The first kappa shape index (κ1) is 15.7. The summed E-state index contributed by atoms with van der Waals surface area (Å²) in [6.45, 7) is 0. The summed E-state index contributed by atoms with van der Waals surface area (Å²) in [4.78, 5) is 0. The second-order valence-corrected chi connectivity index (χ2v) is 0. The predicted octanol–water partition coefficient (Wildman–Crippen LogP) is -0.121. The van der Waals surface area contributed by atoms with E-state index < -0.39 is 0 Å². The van der Waals surface area contributed by atoms with Gasteiger partial charge in [-0.25, -0.2) is 0 Å². The molecule has 33 valence electrons. The summed E-state index contributed by atoms with van der Waals surface area (Å²) in [5.41, 5.74) is 0. The molecular formula is DyEuNiO. The van der Waals surface area contributed by atoms with Crippen molar-refractivity contribution < 1.29 is 107 Å². The summed E-state index contributed by atoms with van der Waals surface area (Å²) in [5.74, 6) is 0. The fourth-order valence-corrected chi connectivity index (χ4v) is 0. The Morgan fingerprint density at radius 1 is 1.25 bits per heavy atom. The average Bonchev–Trinajstić information content (AvgIpc) is 1.00. The maximum atomic E-state index is 7.88. The third-order valence-electron chi connectivity index (χ3n) is 0. The normalized spacial score (nSPS) is 1.50. The molecule has 0 aliphatic carbocycles. The zero-order valence-corrected chi connectivity index (χ0v) is 6.86. The third kappa shape index (κ3) is 8.94. The van der Waals surface area contributed by atoms with E-state index >= 15 is 0 Å². The summed E-state index contributed by atoms with van der Waals surface area (Å²) in [6, 6.07) is 0. The Kier molecular flexibility index (Phi) is 64.5. The molecule has 1 nitrogen and oxygen atoms in total. The van der Waals surface area contributed by atoms with Crippen LogP contribution in [0.2, 0.25) is 0 Å². The van der Waals surface area contributed by atoms with E-state index in [1.807, 2.05) is 0 Å². The van der Waals surface area contributed by atoms with Gasteiger partial charge in [0.2, 0.25) is 0 Å². The topological polar surface area (TPSA) is 17.1 Å². The van der Waals surface area contributed by atoms with Crippen molar-refractivity contribution in [2.24, 2.45) is 0 Å². The van der Waals surface area contributed by atoms with Crippen LogP contribution in [0, 0.1) is 87.6 Å². The zero-order chi connectivity index (χ0) is 2.00. The maximum absolute atomic E-state index is 7.88. The van der Waals surface area contributed by atoms with E-state index in [1.165, 1.54) is 0 Å². The van der Waals surface area contributed by atoms with Gasteiger partial charge in [0.25, 0.3) is 0 Å². The van der Waals surface area contributed by atoms with Gasteiger partial charge in [-0.3, -0.25) is 0 Å². The molecule has 0 spiro atoms. The average molecular weight is 389 g/mol. The van der Waals surface area contributed by atoms with E-state index in [4.69, 9.17) is 3.90 Å². The SMILES string of the molecule is [Dy].[Eu].[O]=[Ni]. The number of rotatable bonds is 0. The van der Waals surface area contributed by atoms with Crippen molar-refractivity contribution in [1.82, 2.24) is 0 Å². The number of hydrogen-bond acceptors (Lipinski definition) is 1. The fraction of sp³-hybridized carbons (Fsp3) is 0. The van der Waals surface area contributed by atoms with Gasteiger partial charge in [0.1, 0.15) is 0 Å². The molecule has 4 heavy (non-hydrogen) atoms. The summed E-state index contributed by atoms with van der Waals surface area (Å²) in [6.07, 6.45) is 0. The van der Waals surface area contributed by atoms with Gasteiger partial charge < -0.3 is 0 Å². The Labute approximate surface area is 104 Å². The van der Waals surface area contributed by atoms with Crippen LogP contribution in [-0.4, -0.2) is 0 Å². The molecule has 0 aromatic heterocycles. The Bertz CT molecular complexity index is 8.00. The molecule has 0 bridgehead atoms. The molecule has 0 aliphatic rings. The van der Waals surface area contributed by atoms with Crippen LogP contribution >= 0.6 is 0 Å². The molecule has 0 rings (SSSR count). The van der Waals surface area contributed by atoms with Gasteiger partial charge in [0.05, 0.1) is 0 Å². The van der Waals surface area contributed by atoms with Crippen LogP contribution in [0.15, 0.2) is 0 Å². The number of hydrogen-bond donors (Lipinski definition) is 0. The fourth-order valence-electron chi connectivity index (χ4n) is 0. The van der Waals surface area contributed by atoms with E-state index in [9.17, 15) is 0 Å². The van der Waals surface area contributed by atoms with Crippen molar-refractivity contribution in [3.05, 3.63) is 0 Å². The van der Waals surface area contributed by atoms with E-state index in [0.717, 1.165) is 0 Å². The van der Waals surface area contributed by atoms with Gasteiger partial charge in [-0.2, -0.15) is 0 Å². The molecule has 1 radical (unpaired) electrons. The molecule has 0 saturated heterocycles. The predicted molar refractivity (Wildman–Crippen MR) is 0.686 cm³/mol. The second-order valence-electron chi connectivity index (χ2n) is 0. The van der Waals surface area contributed by atoms with Gasteiger partial charge in [-0.1, -0.05) is 0 Å². The first-order valence-corrected chi connectivity index (χ1v) is 0.532. The van der Waals surface area contributed by atoms with Crippen molar-refractivity contribution >= 4 is 0 Å². The van der Waals surface area contributed by atoms with Crippen LogP contribution in [0.4, 0.5) is 0 Å². The Balaban J connectivity index is -0.00000000500. The van der Waals surface area contributed by atoms with Gasteiger partial charge in [0.15, 0.2) is 0 Å². The van der Waals surface area contributed by atoms with Crippen molar-refractivity contribution in [3.8, 4) is 0 Å². The van der Waals surface area contributed by atoms with Gasteiger partial charge in [0, 0.05) is 87.6 Å². The molecule has 0 amide bonds. The molecule has 0 aliphatic heterocycles. The Morgan fingerprint density at radius 3 is 1.25 bits per heavy atom. The molecule has 0 atom stereocenters. The standard InChI is InChI=1S/Dy.Eu.Ni.O. The first-order chi connectivity index (χ1) is 1.00. The summed E-state index contributed by atoms with van der Waals surface area (Å²) < 4.78 is 7.88. The third-order valence-corrected chi connectivity index (χ3v) is 0. The molecule has 0 aromatic rings. The van der Waals surface area contributed by atoms with E-state index in [2.05, 4.69) is 15.4 Å². The van der Waals surface area contributed by atoms with Crippen molar-refractivity contribution in [2.75, 3.05) is 0 Å². The van der Waals surface area contributed by atoms with Gasteiger partial charge >= 0.3 is 19.3 Å². The van der Waals surface area contributed by atoms with Gasteiger partial charge in [-0.05, 0) is 0 Å². The van der Waals surface area contributed by atoms with Crippen LogP contribution in [-0.2, 0) is 19.3 Å². The van der Waals surface area contributed by atoms with Crippen LogP contribution in [0.3, 0.4) is 0 Å². The minimum atomic E-state index is 0. The van der Waals surface area contributed by atoms with Crippen LogP contribution in [0.25, 0.3) is 0 Å². The molecular weight excluding hydrogens is 389 g/mol. The Hall–Kier alpha value is 3.15. The summed E-state index contributed by atoms with van der Waals surface area (Å²) in [7, 11) is 0. The summed E-state index contributed by atoms with van der Waals surface area (Å²) in [5, 5.41) is 0. The van der Waals surface area contributed by atoms with Crippen LogP contribution < -0.4 is 0 Å². The Morgan fingerprint density at radius 2 is 1.25 bits per heavy atom. The monoisotopic (exact) mass is 391 g/mol. The van der Waals surface area contributed by atoms with E-state index in [-0.39, 0.29) is 87.6 Å². The molecule has 0 N–H and O–H groups in total. The quantitative estimate of drug-likeness (QED) is 0.529. The van der Waals surface area contributed by atoms with Crippen LogP contribution in [0.1, 0.15) is 0 Å². The molecule has 4 heteroatoms. The molecule has 0 heterocycles. The van der Waals surface area contributed by atoms with Crippen molar-refractivity contribution in [3.63, 3.8) is 0 Å². The molecule has 0 saturated carbocycles. The van der Waals surface area contributed by atoms with Gasteiger partial charge in [-0.15, -0.1) is 0 Å². The zero-order valence-electron chi connectivity index (χ0n) is 1.42. The molecule has 0 unspecified atom stereocenters.